The van der Waals surface area contributed by atoms with Crippen LogP contribution >= 0.6 is 0 Å². The predicted octanol–water partition coefficient (Wildman–Crippen LogP) is 4.34. The first-order valence-electron chi connectivity index (χ1n) is 4.91. The predicted molar refractivity (Wildman–Crippen MR) is 57.3 cm³/mol. The fraction of sp³-hybridized carbons (Fsp3) is 0.667. The number of hydrogen-bond donors (Lipinski definition) is 0. The molecule has 0 aliphatic rings. The van der Waals surface area contributed by atoms with E-state index >= 15 is 0 Å². The van der Waals surface area contributed by atoms with E-state index in [-0.39, 0.29) is 0 Å². The summed E-state index contributed by atoms with van der Waals surface area (Å²) in [5.41, 5.74) is 1.44. The highest BCUT2D eigenvalue weighted by Crippen LogP contribution is 2.13. The lowest BCUT2D eigenvalue weighted by molar-refractivity contribution is 0.501. The van der Waals surface area contributed by atoms with Crippen molar-refractivity contribution in [1.82, 2.24) is 0 Å². The van der Waals surface area contributed by atoms with Gasteiger partial charge >= 0.3 is 0 Å². The van der Waals surface area contributed by atoms with E-state index in [9.17, 15) is 0 Å². The molecule has 0 aromatic heterocycles. The maximum atomic E-state index is 3.73. The zero-order valence-corrected chi connectivity index (χ0v) is 8.77. The Morgan fingerprint density at radius 3 is 2.33 bits per heavy atom. The van der Waals surface area contributed by atoms with Gasteiger partial charge in [-0.3, -0.25) is 0 Å². The van der Waals surface area contributed by atoms with E-state index in [1.54, 1.807) is 0 Å². The SMILES string of the molecule is C=CCCC(C)CCC=C(C)C. The van der Waals surface area contributed by atoms with E-state index in [4.69, 9.17) is 0 Å². The zero-order valence-electron chi connectivity index (χ0n) is 8.77. The highest BCUT2D eigenvalue weighted by molar-refractivity contribution is 4.92. The average Bonchev–Trinajstić information content (AvgIpc) is 2.00. The molecule has 0 aliphatic heterocycles. The second kappa shape index (κ2) is 7.15. The van der Waals surface area contributed by atoms with Crippen LogP contribution in [0.2, 0.25) is 0 Å². The van der Waals surface area contributed by atoms with Crippen molar-refractivity contribution >= 4 is 0 Å². The van der Waals surface area contributed by atoms with E-state index < -0.39 is 0 Å². The molecular formula is C12H22. The molecule has 0 N–H and O–H groups in total. The molecule has 70 valence electrons. The molecule has 0 saturated heterocycles. The Hall–Kier alpha value is -0.520. The van der Waals surface area contributed by atoms with Gasteiger partial charge in [0.15, 0.2) is 0 Å². The molecule has 0 bridgehead atoms. The van der Waals surface area contributed by atoms with Crippen LogP contribution in [0, 0.1) is 5.92 Å². The topological polar surface area (TPSA) is 0 Å². The third kappa shape index (κ3) is 7.59. The van der Waals surface area contributed by atoms with Gasteiger partial charge in [-0.1, -0.05) is 24.6 Å². The maximum Gasteiger partial charge on any atom is -0.0346 e. The third-order valence-corrected chi connectivity index (χ3v) is 2.08. The van der Waals surface area contributed by atoms with Crippen molar-refractivity contribution in [3.05, 3.63) is 24.3 Å². The van der Waals surface area contributed by atoms with Gasteiger partial charge in [-0.25, -0.2) is 0 Å². The lowest BCUT2D eigenvalue weighted by Gasteiger charge is -2.07. The van der Waals surface area contributed by atoms with Gasteiger partial charge in [-0.05, 0) is 45.4 Å². The van der Waals surface area contributed by atoms with E-state index in [0.29, 0.717) is 0 Å². The summed E-state index contributed by atoms with van der Waals surface area (Å²) in [6, 6.07) is 0. The Kier molecular flexibility index (Phi) is 6.84. The second-order valence-corrected chi connectivity index (χ2v) is 3.83. The minimum absolute atomic E-state index is 0.846. The molecule has 0 rings (SSSR count). The first-order valence-corrected chi connectivity index (χ1v) is 4.91. The fourth-order valence-electron chi connectivity index (χ4n) is 1.20. The molecule has 0 spiro atoms. The maximum absolute atomic E-state index is 3.73. The summed E-state index contributed by atoms with van der Waals surface area (Å²) in [6.45, 7) is 10.4. The van der Waals surface area contributed by atoms with Crippen LogP contribution in [0.15, 0.2) is 24.3 Å². The Labute approximate surface area is 77.4 Å². The van der Waals surface area contributed by atoms with Gasteiger partial charge in [-0.2, -0.15) is 0 Å². The highest BCUT2D eigenvalue weighted by atomic mass is 14.0. The lowest BCUT2D eigenvalue weighted by Crippen LogP contribution is -1.92. The number of allylic oxidation sites excluding steroid dienone is 3. The van der Waals surface area contributed by atoms with Crippen molar-refractivity contribution in [2.45, 2.75) is 46.5 Å². The molecule has 0 heterocycles. The first-order chi connectivity index (χ1) is 5.66. The smallest absolute Gasteiger partial charge is 0.0346 e. The molecule has 0 nitrogen and oxygen atoms in total. The molecule has 0 amide bonds. The molecule has 0 aliphatic carbocycles. The summed E-state index contributed by atoms with van der Waals surface area (Å²) in [7, 11) is 0. The Morgan fingerprint density at radius 2 is 1.83 bits per heavy atom. The van der Waals surface area contributed by atoms with Crippen LogP contribution in [0.3, 0.4) is 0 Å². The monoisotopic (exact) mass is 166 g/mol. The van der Waals surface area contributed by atoms with Crippen LogP contribution in [0.25, 0.3) is 0 Å². The van der Waals surface area contributed by atoms with Crippen LogP contribution in [0.4, 0.5) is 0 Å². The van der Waals surface area contributed by atoms with Gasteiger partial charge in [0.25, 0.3) is 0 Å². The number of hydrogen-bond acceptors (Lipinski definition) is 0. The first kappa shape index (κ1) is 11.5. The van der Waals surface area contributed by atoms with Gasteiger partial charge < -0.3 is 0 Å². The van der Waals surface area contributed by atoms with Crippen LogP contribution in [0.1, 0.15) is 46.5 Å². The van der Waals surface area contributed by atoms with E-state index in [0.717, 1.165) is 12.3 Å². The van der Waals surface area contributed by atoms with E-state index in [1.165, 1.54) is 24.8 Å². The minimum Gasteiger partial charge on any atom is -0.103 e. The standard InChI is InChI=1S/C12H22/c1-5-6-9-12(4)10-7-8-11(2)3/h5,8,12H,1,6-7,9-10H2,2-4H3. The summed E-state index contributed by atoms with van der Waals surface area (Å²) in [4.78, 5) is 0. The van der Waals surface area contributed by atoms with Crippen molar-refractivity contribution in [1.29, 1.82) is 0 Å². The molecule has 1 unspecified atom stereocenters. The van der Waals surface area contributed by atoms with Crippen LogP contribution in [-0.2, 0) is 0 Å². The Bertz CT molecular complexity index is 138. The van der Waals surface area contributed by atoms with Crippen LogP contribution < -0.4 is 0 Å². The van der Waals surface area contributed by atoms with Crippen molar-refractivity contribution < 1.29 is 0 Å². The summed E-state index contributed by atoms with van der Waals surface area (Å²) in [5, 5.41) is 0. The lowest BCUT2D eigenvalue weighted by atomic mass is 9.99. The van der Waals surface area contributed by atoms with Gasteiger partial charge in [-0.15, -0.1) is 6.58 Å². The molecule has 12 heavy (non-hydrogen) atoms. The Balaban J connectivity index is 3.37. The van der Waals surface area contributed by atoms with Crippen molar-refractivity contribution in [3.8, 4) is 0 Å². The minimum atomic E-state index is 0.846. The quantitative estimate of drug-likeness (QED) is 0.515. The zero-order chi connectivity index (χ0) is 9.40. The van der Waals surface area contributed by atoms with Crippen molar-refractivity contribution in [3.63, 3.8) is 0 Å². The highest BCUT2D eigenvalue weighted by Gasteiger charge is 1.98. The number of rotatable bonds is 6. The summed E-state index contributed by atoms with van der Waals surface area (Å²) < 4.78 is 0. The summed E-state index contributed by atoms with van der Waals surface area (Å²) in [5.74, 6) is 0.846. The van der Waals surface area contributed by atoms with Gasteiger partial charge in [0.1, 0.15) is 0 Å². The molecule has 1 atom stereocenters. The van der Waals surface area contributed by atoms with Crippen LogP contribution in [-0.4, -0.2) is 0 Å². The molecule has 0 radical (unpaired) electrons. The van der Waals surface area contributed by atoms with Crippen LogP contribution in [0.5, 0.6) is 0 Å². The Morgan fingerprint density at radius 1 is 1.25 bits per heavy atom. The molecule has 0 saturated carbocycles. The molecule has 0 fully saturated rings. The van der Waals surface area contributed by atoms with Crippen molar-refractivity contribution in [2.75, 3.05) is 0 Å². The summed E-state index contributed by atoms with van der Waals surface area (Å²) >= 11 is 0. The summed E-state index contributed by atoms with van der Waals surface area (Å²) in [6.07, 6.45) is 9.34. The molecule has 0 aromatic carbocycles. The normalized spacial score (nSPS) is 12.2. The fourth-order valence-corrected chi connectivity index (χ4v) is 1.20. The van der Waals surface area contributed by atoms with Crippen molar-refractivity contribution in [2.24, 2.45) is 5.92 Å². The molecular weight excluding hydrogens is 144 g/mol. The van der Waals surface area contributed by atoms with E-state index in [2.05, 4.69) is 33.4 Å². The largest absolute Gasteiger partial charge is 0.103 e. The van der Waals surface area contributed by atoms with Gasteiger partial charge in [0.05, 0.1) is 0 Å². The average molecular weight is 166 g/mol. The molecule has 0 heteroatoms. The third-order valence-electron chi connectivity index (χ3n) is 2.08. The van der Waals surface area contributed by atoms with Gasteiger partial charge in [0, 0.05) is 0 Å². The van der Waals surface area contributed by atoms with E-state index in [1.807, 2.05) is 6.08 Å². The second-order valence-electron chi connectivity index (χ2n) is 3.83. The molecule has 0 aromatic rings. The van der Waals surface area contributed by atoms with Gasteiger partial charge in [0.2, 0.25) is 0 Å².